The second-order valence-corrected chi connectivity index (χ2v) is 5.82. The molecule has 1 aliphatic rings. The highest BCUT2D eigenvalue weighted by Gasteiger charge is 2.25. The van der Waals surface area contributed by atoms with E-state index in [9.17, 15) is 4.79 Å². The summed E-state index contributed by atoms with van der Waals surface area (Å²) in [5, 5.41) is 11.0. The Morgan fingerprint density at radius 1 is 1.48 bits per heavy atom. The second-order valence-electron chi connectivity index (χ2n) is 5.82. The number of amides is 1. The van der Waals surface area contributed by atoms with Crippen molar-refractivity contribution in [1.82, 2.24) is 20.4 Å². The van der Waals surface area contributed by atoms with E-state index >= 15 is 0 Å². The summed E-state index contributed by atoms with van der Waals surface area (Å²) in [6.45, 7) is 11.0. The maximum atomic E-state index is 12.5. The van der Waals surface area contributed by atoms with Crippen LogP contribution in [0.2, 0.25) is 0 Å². The Morgan fingerprint density at radius 3 is 2.81 bits per heavy atom. The molecule has 120 valence electrons. The van der Waals surface area contributed by atoms with E-state index < -0.39 is 0 Å². The van der Waals surface area contributed by atoms with Gasteiger partial charge in [-0.3, -0.25) is 9.48 Å². The highest BCUT2D eigenvalue weighted by molar-refractivity contribution is 5.96. The summed E-state index contributed by atoms with van der Waals surface area (Å²) < 4.78 is 1.94. The summed E-state index contributed by atoms with van der Waals surface area (Å²) >= 11 is 0. The standard InChI is InChI=1S/C15H26N4O.ClH/c1-5-8-19-12(4)14(11(3)18-19)15(20)17-13-9-16-7-6-10(13)2;/h10,13,16H,5-9H2,1-4H3,(H,17,20);1H. The van der Waals surface area contributed by atoms with E-state index in [4.69, 9.17) is 0 Å². The van der Waals surface area contributed by atoms with E-state index in [1.165, 1.54) is 0 Å². The molecule has 2 N–H and O–H groups in total. The smallest absolute Gasteiger partial charge is 0.255 e. The number of nitrogens with zero attached hydrogens (tertiary/aromatic N) is 2. The minimum Gasteiger partial charge on any atom is -0.348 e. The lowest BCUT2D eigenvalue weighted by Crippen LogP contribution is -2.50. The van der Waals surface area contributed by atoms with Crippen LogP contribution >= 0.6 is 12.4 Å². The molecule has 1 aromatic rings. The van der Waals surface area contributed by atoms with Crippen molar-refractivity contribution in [3.8, 4) is 0 Å². The van der Waals surface area contributed by atoms with Gasteiger partial charge in [0.1, 0.15) is 0 Å². The zero-order valence-electron chi connectivity index (χ0n) is 13.4. The van der Waals surface area contributed by atoms with Crippen LogP contribution in [0.1, 0.15) is 48.4 Å². The fraction of sp³-hybridized carbons (Fsp3) is 0.733. The molecule has 0 spiro atoms. The third-order valence-electron chi connectivity index (χ3n) is 4.19. The molecule has 2 heterocycles. The number of aryl methyl sites for hydroxylation is 2. The van der Waals surface area contributed by atoms with Crippen LogP contribution < -0.4 is 10.6 Å². The lowest BCUT2D eigenvalue weighted by molar-refractivity contribution is 0.0914. The summed E-state index contributed by atoms with van der Waals surface area (Å²) in [6.07, 6.45) is 2.13. The van der Waals surface area contributed by atoms with Crippen molar-refractivity contribution in [2.24, 2.45) is 5.92 Å². The normalized spacial score (nSPS) is 21.7. The predicted octanol–water partition coefficient (Wildman–Crippen LogP) is 2.06. The minimum absolute atomic E-state index is 0. The molecule has 0 aliphatic carbocycles. The van der Waals surface area contributed by atoms with Gasteiger partial charge in [0.2, 0.25) is 0 Å². The molecule has 2 unspecified atom stereocenters. The first-order valence-electron chi connectivity index (χ1n) is 7.60. The van der Waals surface area contributed by atoms with Crippen LogP contribution in [0.5, 0.6) is 0 Å². The lowest BCUT2D eigenvalue weighted by Gasteiger charge is -2.30. The van der Waals surface area contributed by atoms with Gasteiger partial charge in [0.25, 0.3) is 5.91 Å². The fourth-order valence-electron chi connectivity index (χ4n) is 2.88. The third-order valence-corrected chi connectivity index (χ3v) is 4.19. The Kier molecular flexibility index (Phi) is 6.68. The van der Waals surface area contributed by atoms with Crippen molar-refractivity contribution in [3.63, 3.8) is 0 Å². The van der Waals surface area contributed by atoms with Gasteiger partial charge in [-0.05, 0) is 39.2 Å². The van der Waals surface area contributed by atoms with E-state index in [2.05, 4.69) is 29.6 Å². The number of aromatic nitrogens is 2. The van der Waals surface area contributed by atoms with E-state index in [0.29, 0.717) is 5.92 Å². The molecule has 1 fully saturated rings. The van der Waals surface area contributed by atoms with E-state index in [-0.39, 0.29) is 24.4 Å². The number of carbonyl (C=O) groups excluding carboxylic acids is 1. The molecule has 5 nitrogen and oxygen atoms in total. The molecule has 2 rings (SSSR count). The first-order valence-corrected chi connectivity index (χ1v) is 7.60. The summed E-state index contributed by atoms with van der Waals surface area (Å²) in [6, 6.07) is 0.213. The molecule has 1 aliphatic heterocycles. The van der Waals surface area contributed by atoms with Crippen molar-refractivity contribution in [3.05, 3.63) is 17.0 Å². The monoisotopic (exact) mass is 314 g/mol. The molecular formula is C15H27ClN4O. The Labute approximate surface area is 133 Å². The molecule has 6 heteroatoms. The van der Waals surface area contributed by atoms with Crippen molar-refractivity contribution in [2.45, 2.75) is 53.1 Å². The Hall–Kier alpha value is -1.07. The van der Waals surface area contributed by atoms with Gasteiger partial charge in [-0.1, -0.05) is 13.8 Å². The molecule has 0 aromatic carbocycles. The van der Waals surface area contributed by atoms with Gasteiger partial charge in [0.15, 0.2) is 0 Å². The first-order chi connectivity index (χ1) is 9.54. The Balaban J connectivity index is 0.00000220. The molecule has 0 radical (unpaired) electrons. The van der Waals surface area contributed by atoms with Crippen LogP contribution in [0.15, 0.2) is 0 Å². The number of halogens is 1. The summed E-state index contributed by atoms with van der Waals surface area (Å²) in [5.41, 5.74) is 2.54. The van der Waals surface area contributed by atoms with Crippen LogP contribution in [0.25, 0.3) is 0 Å². The zero-order valence-corrected chi connectivity index (χ0v) is 14.2. The van der Waals surface area contributed by atoms with Crippen molar-refractivity contribution < 1.29 is 4.79 Å². The lowest BCUT2D eigenvalue weighted by atomic mass is 9.94. The maximum absolute atomic E-state index is 12.5. The number of nitrogens with one attached hydrogen (secondary N) is 2. The molecule has 0 saturated carbocycles. The average Bonchev–Trinajstić information content (AvgIpc) is 2.68. The number of rotatable bonds is 4. The number of carbonyl (C=O) groups is 1. The predicted molar refractivity (Wildman–Crippen MR) is 87.1 cm³/mol. The molecular weight excluding hydrogens is 288 g/mol. The number of hydrogen-bond donors (Lipinski definition) is 2. The van der Waals surface area contributed by atoms with E-state index in [0.717, 1.165) is 49.4 Å². The molecule has 0 bridgehead atoms. The van der Waals surface area contributed by atoms with Crippen LogP contribution in [0.3, 0.4) is 0 Å². The van der Waals surface area contributed by atoms with Gasteiger partial charge >= 0.3 is 0 Å². The fourth-order valence-corrected chi connectivity index (χ4v) is 2.88. The second kappa shape index (κ2) is 7.80. The van der Waals surface area contributed by atoms with E-state index in [1.807, 2.05) is 18.5 Å². The van der Waals surface area contributed by atoms with Crippen LogP contribution in [-0.2, 0) is 6.54 Å². The molecule has 1 amide bonds. The Bertz CT molecular complexity index is 486. The van der Waals surface area contributed by atoms with Gasteiger partial charge < -0.3 is 10.6 Å². The zero-order chi connectivity index (χ0) is 14.7. The van der Waals surface area contributed by atoms with Crippen LogP contribution in [0, 0.1) is 19.8 Å². The molecule has 1 aromatic heterocycles. The van der Waals surface area contributed by atoms with E-state index in [1.54, 1.807) is 0 Å². The number of hydrogen-bond acceptors (Lipinski definition) is 3. The third kappa shape index (κ3) is 3.98. The summed E-state index contributed by atoms with van der Waals surface area (Å²) in [7, 11) is 0. The van der Waals surface area contributed by atoms with Crippen LogP contribution in [-0.4, -0.2) is 34.8 Å². The van der Waals surface area contributed by atoms with Gasteiger partial charge in [-0.15, -0.1) is 12.4 Å². The first kappa shape index (κ1) is 18.0. The topological polar surface area (TPSA) is 59.0 Å². The van der Waals surface area contributed by atoms with Gasteiger partial charge in [-0.25, -0.2) is 0 Å². The summed E-state index contributed by atoms with van der Waals surface area (Å²) in [4.78, 5) is 12.5. The molecule has 1 saturated heterocycles. The summed E-state index contributed by atoms with van der Waals surface area (Å²) in [5.74, 6) is 0.536. The number of piperidine rings is 1. The SMILES string of the molecule is CCCn1nc(C)c(C(=O)NC2CNCCC2C)c1C.Cl. The van der Waals surface area contributed by atoms with Crippen molar-refractivity contribution in [1.29, 1.82) is 0 Å². The van der Waals surface area contributed by atoms with Crippen molar-refractivity contribution >= 4 is 18.3 Å². The largest absolute Gasteiger partial charge is 0.348 e. The Morgan fingerprint density at radius 2 is 2.19 bits per heavy atom. The van der Waals surface area contributed by atoms with Crippen LogP contribution in [0.4, 0.5) is 0 Å². The van der Waals surface area contributed by atoms with Gasteiger partial charge in [-0.2, -0.15) is 5.10 Å². The maximum Gasteiger partial charge on any atom is 0.255 e. The van der Waals surface area contributed by atoms with Gasteiger partial charge in [0.05, 0.1) is 11.3 Å². The average molecular weight is 315 g/mol. The van der Waals surface area contributed by atoms with Gasteiger partial charge in [0, 0.05) is 24.8 Å². The molecule has 2 atom stereocenters. The highest BCUT2D eigenvalue weighted by Crippen LogP contribution is 2.16. The highest BCUT2D eigenvalue weighted by atomic mass is 35.5. The minimum atomic E-state index is 0. The quantitative estimate of drug-likeness (QED) is 0.894. The van der Waals surface area contributed by atoms with Crippen molar-refractivity contribution in [2.75, 3.05) is 13.1 Å². The molecule has 21 heavy (non-hydrogen) atoms.